The Morgan fingerprint density at radius 3 is 2.93 bits per heavy atom. The molecule has 78 valence electrons. The second kappa shape index (κ2) is 3.51. The standard InChI is InChI=1S/C10H12N4O/c1-2-10(13-5-7-15-8-6-13)12-14-4-3-11-9(1)14/h1-4H,5-8H2. The van der Waals surface area contributed by atoms with Crippen molar-refractivity contribution in [2.45, 2.75) is 0 Å². The van der Waals surface area contributed by atoms with Crippen LogP contribution in [0.4, 0.5) is 5.82 Å². The molecule has 0 amide bonds. The molecule has 0 aromatic carbocycles. The van der Waals surface area contributed by atoms with E-state index in [1.54, 1.807) is 10.7 Å². The molecule has 15 heavy (non-hydrogen) atoms. The third-order valence-corrected chi connectivity index (χ3v) is 2.58. The fraction of sp³-hybridized carbons (Fsp3) is 0.400. The van der Waals surface area contributed by atoms with Crippen molar-refractivity contribution in [3.63, 3.8) is 0 Å². The minimum Gasteiger partial charge on any atom is -0.378 e. The van der Waals surface area contributed by atoms with E-state index in [-0.39, 0.29) is 0 Å². The van der Waals surface area contributed by atoms with Crippen molar-refractivity contribution in [1.82, 2.24) is 14.6 Å². The number of aromatic nitrogens is 3. The van der Waals surface area contributed by atoms with E-state index in [1.165, 1.54) is 0 Å². The van der Waals surface area contributed by atoms with Crippen molar-refractivity contribution < 1.29 is 4.74 Å². The van der Waals surface area contributed by atoms with Crippen LogP contribution in [0.15, 0.2) is 24.5 Å². The van der Waals surface area contributed by atoms with Crippen molar-refractivity contribution in [2.24, 2.45) is 0 Å². The molecular weight excluding hydrogens is 192 g/mol. The Kier molecular flexibility index (Phi) is 2.03. The third kappa shape index (κ3) is 1.55. The van der Waals surface area contributed by atoms with Gasteiger partial charge in [0, 0.05) is 25.5 Å². The van der Waals surface area contributed by atoms with E-state index in [0.29, 0.717) is 0 Å². The van der Waals surface area contributed by atoms with Gasteiger partial charge in [-0.25, -0.2) is 9.50 Å². The highest BCUT2D eigenvalue weighted by atomic mass is 16.5. The van der Waals surface area contributed by atoms with Crippen molar-refractivity contribution in [2.75, 3.05) is 31.2 Å². The van der Waals surface area contributed by atoms with Gasteiger partial charge in [0.15, 0.2) is 5.65 Å². The lowest BCUT2D eigenvalue weighted by molar-refractivity contribution is 0.122. The van der Waals surface area contributed by atoms with E-state index in [4.69, 9.17) is 4.74 Å². The number of rotatable bonds is 1. The Balaban J connectivity index is 1.95. The number of imidazole rings is 1. The second-order valence-corrected chi connectivity index (χ2v) is 3.52. The van der Waals surface area contributed by atoms with Crippen molar-refractivity contribution in [3.8, 4) is 0 Å². The normalized spacial score (nSPS) is 17.2. The van der Waals surface area contributed by atoms with Gasteiger partial charge in [-0.2, -0.15) is 0 Å². The lowest BCUT2D eigenvalue weighted by atomic mass is 10.4. The molecule has 0 spiro atoms. The first kappa shape index (κ1) is 8.67. The average Bonchev–Trinajstić information content (AvgIpc) is 2.77. The van der Waals surface area contributed by atoms with Gasteiger partial charge in [0.2, 0.25) is 0 Å². The monoisotopic (exact) mass is 204 g/mol. The molecule has 0 saturated carbocycles. The van der Waals surface area contributed by atoms with Crippen molar-refractivity contribution in [1.29, 1.82) is 0 Å². The molecule has 5 heteroatoms. The highest BCUT2D eigenvalue weighted by Gasteiger charge is 2.12. The number of nitrogens with zero attached hydrogens (tertiary/aromatic N) is 4. The van der Waals surface area contributed by atoms with Crippen LogP contribution >= 0.6 is 0 Å². The molecule has 1 aliphatic rings. The molecule has 3 rings (SSSR count). The summed E-state index contributed by atoms with van der Waals surface area (Å²) >= 11 is 0. The highest BCUT2D eigenvalue weighted by molar-refractivity contribution is 5.45. The van der Waals surface area contributed by atoms with Gasteiger partial charge in [-0.1, -0.05) is 0 Å². The van der Waals surface area contributed by atoms with Crippen LogP contribution in [0.1, 0.15) is 0 Å². The van der Waals surface area contributed by atoms with Gasteiger partial charge in [-0.05, 0) is 12.1 Å². The van der Waals surface area contributed by atoms with E-state index >= 15 is 0 Å². The summed E-state index contributed by atoms with van der Waals surface area (Å²) in [5.74, 6) is 0.990. The predicted octanol–water partition coefficient (Wildman–Crippen LogP) is 0.566. The zero-order valence-corrected chi connectivity index (χ0v) is 8.33. The first-order valence-electron chi connectivity index (χ1n) is 5.06. The Labute approximate surface area is 87.3 Å². The molecule has 0 aliphatic carbocycles. The van der Waals surface area contributed by atoms with Gasteiger partial charge in [0.1, 0.15) is 5.82 Å². The number of anilines is 1. The molecule has 1 aliphatic heterocycles. The summed E-state index contributed by atoms with van der Waals surface area (Å²) in [7, 11) is 0. The molecule has 2 aromatic heterocycles. The molecule has 5 nitrogen and oxygen atoms in total. The van der Waals surface area contributed by atoms with Gasteiger partial charge < -0.3 is 9.64 Å². The lowest BCUT2D eigenvalue weighted by Crippen LogP contribution is -2.36. The van der Waals surface area contributed by atoms with Gasteiger partial charge in [0.05, 0.1) is 13.2 Å². The van der Waals surface area contributed by atoms with Gasteiger partial charge in [0.25, 0.3) is 0 Å². The number of morpholine rings is 1. The molecule has 2 aromatic rings. The summed E-state index contributed by atoms with van der Waals surface area (Å²) in [6, 6.07) is 3.99. The molecule has 3 heterocycles. The highest BCUT2D eigenvalue weighted by Crippen LogP contribution is 2.12. The van der Waals surface area contributed by atoms with E-state index in [9.17, 15) is 0 Å². The zero-order valence-electron chi connectivity index (χ0n) is 8.33. The summed E-state index contributed by atoms with van der Waals surface area (Å²) < 4.78 is 7.10. The van der Waals surface area contributed by atoms with Crippen LogP contribution in [-0.2, 0) is 4.74 Å². The van der Waals surface area contributed by atoms with Crippen LogP contribution in [0.3, 0.4) is 0 Å². The molecule has 1 fully saturated rings. The molecular formula is C10H12N4O. The molecule has 0 atom stereocenters. The summed E-state index contributed by atoms with van der Waals surface area (Å²) in [6.45, 7) is 3.38. The summed E-state index contributed by atoms with van der Waals surface area (Å²) in [5.41, 5.74) is 0.881. The second-order valence-electron chi connectivity index (χ2n) is 3.52. The molecule has 0 N–H and O–H groups in total. The maximum absolute atomic E-state index is 5.31. The smallest absolute Gasteiger partial charge is 0.153 e. The van der Waals surface area contributed by atoms with Crippen LogP contribution in [0.2, 0.25) is 0 Å². The third-order valence-electron chi connectivity index (χ3n) is 2.58. The average molecular weight is 204 g/mol. The number of ether oxygens (including phenoxy) is 1. The number of fused-ring (bicyclic) bond motifs is 1. The Morgan fingerprint density at radius 1 is 1.20 bits per heavy atom. The first-order chi connectivity index (χ1) is 7.43. The minimum atomic E-state index is 0.781. The Hall–Kier alpha value is -1.62. The zero-order chi connectivity index (χ0) is 10.1. The lowest BCUT2D eigenvalue weighted by Gasteiger charge is -2.27. The van der Waals surface area contributed by atoms with Gasteiger partial charge >= 0.3 is 0 Å². The minimum absolute atomic E-state index is 0.781. The van der Waals surface area contributed by atoms with E-state index in [0.717, 1.165) is 37.8 Å². The SMILES string of the molecule is c1cn2nc(N3CCOCC3)ccc2n1. The van der Waals surface area contributed by atoms with Gasteiger partial charge in [-0.15, -0.1) is 5.10 Å². The van der Waals surface area contributed by atoms with Crippen LogP contribution in [-0.4, -0.2) is 40.9 Å². The summed E-state index contributed by atoms with van der Waals surface area (Å²) in [6.07, 6.45) is 3.62. The number of hydrogen-bond acceptors (Lipinski definition) is 4. The first-order valence-corrected chi connectivity index (χ1v) is 5.06. The maximum Gasteiger partial charge on any atom is 0.153 e. The number of hydrogen-bond donors (Lipinski definition) is 0. The van der Waals surface area contributed by atoms with Crippen molar-refractivity contribution in [3.05, 3.63) is 24.5 Å². The predicted molar refractivity (Wildman–Crippen MR) is 56.0 cm³/mol. The van der Waals surface area contributed by atoms with E-state index in [2.05, 4.69) is 15.0 Å². The van der Waals surface area contributed by atoms with Crippen LogP contribution in [0.5, 0.6) is 0 Å². The maximum atomic E-state index is 5.31. The summed E-state index contributed by atoms with van der Waals surface area (Å²) in [4.78, 5) is 6.39. The fourth-order valence-electron chi connectivity index (χ4n) is 1.77. The molecule has 0 unspecified atom stereocenters. The Bertz CT molecular complexity index is 461. The van der Waals surface area contributed by atoms with E-state index < -0.39 is 0 Å². The van der Waals surface area contributed by atoms with Crippen LogP contribution in [0.25, 0.3) is 5.65 Å². The fourth-order valence-corrected chi connectivity index (χ4v) is 1.77. The Morgan fingerprint density at radius 2 is 2.07 bits per heavy atom. The van der Waals surface area contributed by atoms with E-state index in [1.807, 2.05) is 18.3 Å². The molecule has 0 radical (unpaired) electrons. The van der Waals surface area contributed by atoms with Crippen LogP contribution in [0, 0.1) is 0 Å². The van der Waals surface area contributed by atoms with Gasteiger partial charge in [-0.3, -0.25) is 0 Å². The summed E-state index contributed by atoms with van der Waals surface area (Å²) in [5, 5.41) is 4.48. The topological polar surface area (TPSA) is 42.7 Å². The molecule has 0 bridgehead atoms. The van der Waals surface area contributed by atoms with Crippen LogP contribution < -0.4 is 4.90 Å². The largest absolute Gasteiger partial charge is 0.378 e. The molecule has 1 saturated heterocycles. The quantitative estimate of drug-likeness (QED) is 0.681. The van der Waals surface area contributed by atoms with Crippen molar-refractivity contribution >= 4 is 11.5 Å².